The van der Waals surface area contributed by atoms with E-state index in [2.05, 4.69) is 28.9 Å². The number of aryl methyl sites for hydroxylation is 1. The van der Waals surface area contributed by atoms with Gasteiger partial charge in [0.05, 0.1) is 12.6 Å². The van der Waals surface area contributed by atoms with Gasteiger partial charge in [0.15, 0.2) is 0 Å². The van der Waals surface area contributed by atoms with Crippen molar-refractivity contribution in [1.82, 2.24) is 9.88 Å². The van der Waals surface area contributed by atoms with Crippen molar-refractivity contribution in [3.8, 4) is 5.75 Å². The molecule has 0 aliphatic carbocycles. The van der Waals surface area contributed by atoms with Crippen LogP contribution in [-0.4, -0.2) is 56.3 Å². The van der Waals surface area contributed by atoms with Crippen LogP contribution in [-0.2, 0) is 0 Å². The van der Waals surface area contributed by atoms with Crippen molar-refractivity contribution in [2.75, 3.05) is 51.3 Å². The summed E-state index contributed by atoms with van der Waals surface area (Å²) in [5.41, 5.74) is 7.90. The SMILES string of the molecule is COc1ccc2nc(N3CCN(CCN)CC3)cc(C)c2c1. The molecule has 0 atom stereocenters. The number of nitrogens with zero attached hydrogens (tertiary/aromatic N) is 3. The van der Waals surface area contributed by atoms with Crippen LogP contribution in [0.4, 0.5) is 5.82 Å². The summed E-state index contributed by atoms with van der Waals surface area (Å²) in [7, 11) is 1.69. The third kappa shape index (κ3) is 3.00. The predicted molar refractivity (Wildman–Crippen MR) is 90.7 cm³/mol. The summed E-state index contributed by atoms with van der Waals surface area (Å²) in [6.07, 6.45) is 0. The Morgan fingerprint density at radius 2 is 1.95 bits per heavy atom. The van der Waals surface area contributed by atoms with E-state index in [0.717, 1.165) is 61.7 Å². The summed E-state index contributed by atoms with van der Waals surface area (Å²) in [5, 5.41) is 1.16. The van der Waals surface area contributed by atoms with Crippen molar-refractivity contribution in [1.29, 1.82) is 0 Å². The average Bonchev–Trinajstić information content (AvgIpc) is 2.55. The van der Waals surface area contributed by atoms with Gasteiger partial charge < -0.3 is 15.4 Å². The molecule has 0 amide bonds. The lowest BCUT2D eigenvalue weighted by atomic mass is 10.1. The van der Waals surface area contributed by atoms with E-state index in [4.69, 9.17) is 15.5 Å². The van der Waals surface area contributed by atoms with Crippen LogP contribution >= 0.6 is 0 Å². The Labute approximate surface area is 131 Å². The predicted octanol–water partition coefficient (Wildman–Crippen LogP) is 1.63. The van der Waals surface area contributed by atoms with Crippen LogP contribution < -0.4 is 15.4 Å². The molecular weight excluding hydrogens is 276 g/mol. The Morgan fingerprint density at radius 1 is 1.18 bits per heavy atom. The maximum Gasteiger partial charge on any atom is 0.129 e. The fraction of sp³-hybridized carbons (Fsp3) is 0.471. The zero-order valence-corrected chi connectivity index (χ0v) is 13.4. The Hall–Kier alpha value is -1.85. The van der Waals surface area contributed by atoms with E-state index >= 15 is 0 Å². The molecule has 1 aliphatic heterocycles. The second kappa shape index (κ2) is 6.50. The molecule has 2 heterocycles. The number of anilines is 1. The number of aromatic nitrogens is 1. The summed E-state index contributed by atoms with van der Waals surface area (Å²) < 4.78 is 5.30. The number of piperazine rings is 1. The van der Waals surface area contributed by atoms with Gasteiger partial charge in [0, 0.05) is 44.7 Å². The third-order valence-corrected chi connectivity index (χ3v) is 4.35. The minimum Gasteiger partial charge on any atom is -0.497 e. The second-order valence-corrected chi connectivity index (χ2v) is 5.80. The standard InChI is InChI=1S/C17H24N4O/c1-13-11-17(21-9-7-20(6-5-18)8-10-21)19-16-4-3-14(22-2)12-15(13)16/h3-4,11-12H,5-10,18H2,1-2H3. The summed E-state index contributed by atoms with van der Waals surface area (Å²) in [5.74, 6) is 1.95. The largest absolute Gasteiger partial charge is 0.497 e. The van der Waals surface area contributed by atoms with Crippen molar-refractivity contribution >= 4 is 16.7 Å². The third-order valence-electron chi connectivity index (χ3n) is 4.35. The van der Waals surface area contributed by atoms with Crippen molar-refractivity contribution in [2.24, 2.45) is 5.73 Å². The highest BCUT2D eigenvalue weighted by atomic mass is 16.5. The highest BCUT2D eigenvalue weighted by Crippen LogP contribution is 2.26. The maximum atomic E-state index is 5.63. The van der Waals surface area contributed by atoms with Gasteiger partial charge in [-0.1, -0.05) is 0 Å². The second-order valence-electron chi connectivity index (χ2n) is 5.80. The van der Waals surface area contributed by atoms with Gasteiger partial charge in [-0.2, -0.15) is 0 Å². The van der Waals surface area contributed by atoms with Gasteiger partial charge in [-0.05, 0) is 36.8 Å². The molecule has 1 saturated heterocycles. The first-order chi connectivity index (χ1) is 10.7. The van der Waals surface area contributed by atoms with Crippen LogP contribution in [0.15, 0.2) is 24.3 Å². The van der Waals surface area contributed by atoms with Gasteiger partial charge >= 0.3 is 0 Å². The number of methoxy groups -OCH3 is 1. The molecule has 1 aromatic carbocycles. The highest BCUT2D eigenvalue weighted by Gasteiger charge is 2.18. The van der Waals surface area contributed by atoms with E-state index in [1.807, 2.05) is 12.1 Å². The molecular formula is C17H24N4O. The molecule has 1 fully saturated rings. The molecule has 0 unspecified atom stereocenters. The van der Waals surface area contributed by atoms with Crippen molar-refractivity contribution < 1.29 is 4.74 Å². The lowest BCUT2D eigenvalue weighted by molar-refractivity contribution is 0.264. The fourth-order valence-electron chi connectivity index (χ4n) is 3.03. The maximum absolute atomic E-state index is 5.63. The van der Waals surface area contributed by atoms with Crippen LogP contribution in [0.1, 0.15) is 5.56 Å². The minimum atomic E-state index is 0.731. The van der Waals surface area contributed by atoms with Gasteiger partial charge in [0.25, 0.3) is 0 Å². The normalized spacial score (nSPS) is 16.2. The van der Waals surface area contributed by atoms with E-state index in [1.165, 1.54) is 5.56 Å². The highest BCUT2D eigenvalue weighted by molar-refractivity contribution is 5.85. The summed E-state index contributed by atoms with van der Waals surface area (Å²) in [4.78, 5) is 9.61. The van der Waals surface area contributed by atoms with Gasteiger partial charge in [-0.15, -0.1) is 0 Å². The summed E-state index contributed by atoms with van der Waals surface area (Å²) in [6, 6.07) is 8.24. The number of nitrogens with two attached hydrogens (primary N) is 1. The molecule has 5 nitrogen and oxygen atoms in total. The Morgan fingerprint density at radius 3 is 2.64 bits per heavy atom. The zero-order chi connectivity index (χ0) is 15.5. The number of benzene rings is 1. The van der Waals surface area contributed by atoms with E-state index in [9.17, 15) is 0 Å². The minimum absolute atomic E-state index is 0.731. The molecule has 22 heavy (non-hydrogen) atoms. The molecule has 0 spiro atoms. The van der Waals surface area contributed by atoms with Crippen LogP contribution in [0.5, 0.6) is 5.75 Å². The van der Waals surface area contributed by atoms with E-state index in [0.29, 0.717) is 0 Å². The van der Waals surface area contributed by atoms with Gasteiger partial charge in [0.2, 0.25) is 0 Å². The van der Waals surface area contributed by atoms with Crippen molar-refractivity contribution in [2.45, 2.75) is 6.92 Å². The number of fused-ring (bicyclic) bond motifs is 1. The van der Waals surface area contributed by atoms with Crippen molar-refractivity contribution in [3.63, 3.8) is 0 Å². The van der Waals surface area contributed by atoms with E-state index in [-0.39, 0.29) is 0 Å². The first-order valence-corrected chi connectivity index (χ1v) is 7.84. The first kappa shape index (κ1) is 15.1. The monoisotopic (exact) mass is 300 g/mol. The Bertz CT molecular complexity index is 650. The zero-order valence-electron chi connectivity index (χ0n) is 13.4. The molecule has 0 radical (unpaired) electrons. The topological polar surface area (TPSA) is 54.6 Å². The molecule has 5 heteroatoms. The van der Waals surface area contributed by atoms with Crippen LogP contribution in [0.3, 0.4) is 0 Å². The number of ether oxygens (including phenoxy) is 1. The lowest BCUT2D eigenvalue weighted by Crippen LogP contribution is -2.48. The molecule has 2 aromatic rings. The molecule has 0 saturated carbocycles. The number of hydrogen-bond donors (Lipinski definition) is 1. The summed E-state index contributed by atoms with van der Waals surface area (Å²) >= 11 is 0. The van der Waals surface area contributed by atoms with Gasteiger partial charge in [0.1, 0.15) is 11.6 Å². The first-order valence-electron chi connectivity index (χ1n) is 7.84. The quantitative estimate of drug-likeness (QED) is 0.930. The smallest absolute Gasteiger partial charge is 0.129 e. The lowest BCUT2D eigenvalue weighted by Gasteiger charge is -2.35. The molecule has 2 N–H and O–H groups in total. The number of pyridine rings is 1. The molecule has 1 aromatic heterocycles. The fourth-order valence-corrected chi connectivity index (χ4v) is 3.03. The van der Waals surface area contributed by atoms with Crippen molar-refractivity contribution in [3.05, 3.63) is 29.8 Å². The van der Waals surface area contributed by atoms with E-state index in [1.54, 1.807) is 7.11 Å². The van der Waals surface area contributed by atoms with E-state index < -0.39 is 0 Å². The molecule has 3 rings (SSSR count). The average molecular weight is 300 g/mol. The van der Waals surface area contributed by atoms with Crippen LogP contribution in [0, 0.1) is 6.92 Å². The van der Waals surface area contributed by atoms with Crippen LogP contribution in [0.25, 0.3) is 10.9 Å². The Balaban J connectivity index is 1.83. The van der Waals surface area contributed by atoms with Gasteiger partial charge in [-0.3, -0.25) is 4.90 Å². The molecule has 0 bridgehead atoms. The Kier molecular flexibility index (Phi) is 4.45. The molecule has 118 valence electrons. The summed E-state index contributed by atoms with van der Waals surface area (Å²) in [6.45, 7) is 7.98. The number of hydrogen-bond acceptors (Lipinski definition) is 5. The number of rotatable bonds is 4. The molecule has 1 aliphatic rings. The van der Waals surface area contributed by atoms with Crippen LogP contribution in [0.2, 0.25) is 0 Å². The van der Waals surface area contributed by atoms with Gasteiger partial charge in [-0.25, -0.2) is 4.98 Å².